The van der Waals surface area contributed by atoms with Crippen LogP contribution < -0.4 is 15.9 Å². The van der Waals surface area contributed by atoms with Crippen molar-refractivity contribution in [2.45, 2.75) is 11.9 Å². The molecule has 4 rings (SSSR count). The second kappa shape index (κ2) is 9.19. The van der Waals surface area contributed by atoms with E-state index in [1.54, 1.807) is 11.8 Å². The first kappa shape index (κ1) is 18.9. The average molecular weight is 399 g/mol. The highest BCUT2D eigenvalue weighted by Crippen LogP contribution is 2.36. The van der Waals surface area contributed by atoms with Crippen LogP contribution in [0.2, 0.25) is 0 Å². The second-order valence-corrected chi connectivity index (χ2v) is 9.79. The van der Waals surface area contributed by atoms with Crippen molar-refractivity contribution in [1.82, 2.24) is 4.98 Å². The minimum Gasteiger partial charge on any atom is -0.241 e. The van der Waals surface area contributed by atoms with Crippen LogP contribution in [0.4, 0.5) is 0 Å². The first-order valence-electron chi connectivity index (χ1n) is 9.46. The molecule has 0 amide bonds. The smallest absolute Gasteiger partial charge is 0.0967 e. The summed E-state index contributed by atoms with van der Waals surface area (Å²) in [4.78, 5) is 4.94. The zero-order valence-electron chi connectivity index (χ0n) is 15.8. The zero-order chi connectivity index (χ0) is 19.2. The standard InChI is InChI=1S/C25H22NPS/c1-2-28-25-19-11-17-23(26-25)22-16-9-10-18-24(22)27(20-12-5-3-6-13-20)21-14-7-4-8-15-21/h3-19H,2H2,1H3. The molecule has 3 heteroatoms. The van der Waals surface area contributed by atoms with Gasteiger partial charge in [0.2, 0.25) is 0 Å². The van der Waals surface area contributed by atoms with Crippen LogP contribution in [0.15, 0.2) is 108 Å². The molecule has 0 atom stereocenters. The van der Waals surface area contributed by atoms with Crippen LogP contribution in [0.5, 0.6) is 0 Å². The van der Waals surface area contributed by atoms with Crippen LogP contribution in [0.1, 0.15) is 6.92 Å². The van der Waals surface area contributed by atoms with Crippen molar-refractivity contribution in [2.75, 3.05) is 5.75 Å². The van der Waals surface area contributed by atoms with Crippen LogP contribution in [-0.2, 0) is 0 Å². The van der Waals surface area contributed by atoms with Crippen LogP contribution in [0.3, 0.4) is 0 Å². The summed E-state index contributed by atoms with van der Waals surface area (Å²) in [6.45, 7) is 2.16. The van der Waals surface area contributed by atoms with E-state index in [1.807, 2.05) is 0 Å². The van der Waals surface area contributed by atoms with Gasteiger partial charge >= 0.3 is 0 Å². The molecule has 0 saturated heterocycles. The van der Waals surface area contributed by atoms with E-state index in [9.17, 15) is 0 Å². The van der Waals surface area contributed by atoms with Gasteiger partial charge in [-0.25, -0.2) is 4.98 Å². The molecular weight excluding hydrogens is 377 g/mol. The van der Waals surface area contributed by atoms with Crippen molar-refractivity contribution >= 4 is 35.6 Å². The second-order valence-electron chi connectivity index (χ2n) is 6.32. The fraction of sp³-hybridized carbons (Fsp3) is 0.0800. The number of nitrogens with zero attached hydrogens (tertiary/aromatic N) is 1. The number of hydrogen-bond acceptors (Lipinski definition) is 2. The van der Waals surface area contributed by atoms with E-state index in [0.29, 0.717) is 0 Å². The Balaban J connectivity index is 1.88. The van der Waals surface area contributed by atoms with Gasteiger partial charge in [-0.05, 0) is 41.7 Å². The third-order valence-corrected chi connectivity index (χ3v) is 7.78. The molecule has 0 aliphatic heterocycles. The minimum absolute atomic E-state index is 0.655. The summed E-state index contributed by atoms with van der Waals surface area (Å²) < 4.78 is 0. The maximum atomic E-state index is 4.94. The predicted octanol–water partition coefficient (Wildman–Crippen LogP) is 5.62. The Kier molecular flexibility index (Phi) is 6.21. The number of rotatable bonds is 6. The van der Waals surface area contributed by atoms with Crippen LogP contribution >= 0.6 is 19.7 Å². The molecule has 0 N–H and O–H groups in total. The average Bonchev–Trinajstić information content (AvgIpc) is 2.76. The lowest BCUT2D eigenvalue weighted by Gasteiger charge is -2.22. The van der Waals surface area contributed by atoms with Gasteiger partial charge in [-0.2, -0.15) is 0 Å². The molecule has 1 aromatic heterocycles. The molecule has 0 aliphatic carbocycles. The van der Waals surface area contributed by atoms with Gasteiger partial charge in [0.1, 0.15) is 0 Å². The van der Waals surface area contributed by atoms with E-state index < -0.39 is 7.92 Å². The van der Waals surface area contributed by atoms with Crippen molar-refractivity contribution in [3.63, 3.8) is 0 Å². The highest BCUT2D eigenvalue weighted by molar-refractivity contribution is 7.99. The molecule has 0 fully saturated rings. The molecule has 1 nitrogen and oxygen atoms in total. The van der Waals surface area contributed by atoms with Crippen molar-refractivity contribution < 1.29 is 0 Å². The Labute approximate surface area is 172 Å². The molecule has 0 radical (unpaired) electrons. The van der Waals surface area contributed by atoms with Crippen molar-refractivity contribution in [2.24, 2.45) is 0 Å². The Morgan fingerprint density at radius 1 is 0.679 bits per heavy atom. The van der Waals surface area contributed by atoms with Crippen LogP contribution in [0, 0.1) is 0 Å². The number of hydrogen-bond donors (Lipinski definition) is 0. The molecule has 1 heterocycles. The minimum atomic E-state index is -0.655. The fourth-order valence-electron chi connectivity index (χ4n) is 3.26. The molecule has 0 bridgehead atoms. The molecule has 0 saturated carbocycles. The summed E-state index contributed by atoms with van der Waals surface area (Å²) in [6.07, 6.45) is 0. The van der Waals surface area contributed by atoms with Gasteiger partial charge in [-0.1, -0.05) is 97.9 Å². The van der Waals surface area contributed by atoms with Crippen molar-refractivity contribution in [1.29, 1.82) is 0 Å². The normalized spacial score (nSPS) is 10.9. The number of pyridine rings is 1. The zero-order valence-corrected chi connectivity index (χ0v) is 17.5. The van der Waals surface area contributed by atoms with E-state index in [-0.39, 0.29) is 0 Å². The summed E-state index contributed by atoms with van der Waals surface area (Å²) in [5.74, 6) is 1.03. The summed E-state index contributed by atoms with van der Waals surface area (Å²) >= 11 is 1.79. The molecule has 0 unspecified atom stereocenters. The molecule has 28 heavy (non-hydrogen) atoms. The maximum Gasteiger partial charge on any atom is 0.0967 e. The van der Waals surface area contributed by atoms with Crippen LogP contribution in [-0.4, -0.2) is 10.7 Å². The SMILES string of the molecule is CCSc1cccc(-c2ccccc2P(c2ccccc2)c2ccccc2)n1. The molecule has 4 aromatic rings. The van der Waals surface area contributed by atoms with Gasteiger partial charge in [0.15, 0.2) is 0 Å². The van der Waals surface area contributed by atoms with E-state index in [2.05, 4.69) is 110 Å². The van der Waals surface area contributed by atoms with E-state index in [0.717, 1.165) is 16.5 Å². The Bertz CT molecular complexity index is 995. The molecule has 0 spiro atoms. The van der Waals surface area contributed by atoms with Crippen molar-refractivity contribution in [3.05, 3.63) is 103 Å². The van der Waals surface area contributed by atoms with E-state index >= 15 is 0 Å². The molecule has 138 valence electrons. The lowest BCUT2D eigenvalue weighted by molar-refractivity contribution is 1.14. The largest absolute Gasteiger partial charge is 0.241 e. The molecular formula is C25H22NPS. The first-order chi connectivity index (χ1) is 13.9. The van der Waals surface area contributed by atoms with E-state index in [4.69, 9.17) is 4.98 Å². The quantitative estimate of drug-likeness (QED) is 0.308. The summed E-state index contributed by atoms with van der Waals surface area (Å²) in [5, 5.41) is 5.14. The lowest BCUT2D eigenvalue weighted by Crippen LogP contribution is -2.22. The van der Waals surface area contributed by atoms with Crippen molar-refractivity contribution in [3.8, 4) is 11.3 Å². The maximum absolute atomic E-state index is 4.94. The summed E-state index contributed by atoms with van der Waals surface area (Å²) in [5.41, 5.74) is 2.27. The predicted molar refractivity (Wildman–Crippen MR) is 125 cm³/mol. The number of benzene rings is 3. The molecule has 3 aromatic carbocycles. The van der Waals surface area contributed by atoms with Gasteiger partial charge in [-0.3, -0.25) is 0 Å². The first-order valence-corrected chi connectivity index (χ1v) is 11.8. The lowest BCUT2D eigenvalue weighted by atomic mass is 10.1. The third kappa shape index (κ3) is 4.19. The van der Waals surface area contributed by atoms with Gasteiger partial charge in [-0.15, -0.1) is 11.8 Å². The van der Waals surface area contributed by atoms with Gasteiger partial charge in [0.05, 0.1) is 10.7 Å². The third-order valence-electron chi connectivity index (χ3n) is 4.47. The summed E-state index contributed by atoms with van der Waals surface area (Å²) in [7, 11) is -0.655. The Morgan fingerprint density at radius 2 is 1.29 bits per heavy atom. The highest BCUT2D eigenvalue weighted by Gasteiger charge is 2.20. The van der Waals surface area contributed by atoms with Gasteiger partial charge in [0, 0.05) is 5.56 Å². The van der Waals surface area contributed by atoms with E-state index in [1.165, 1.54) is 21.5 Å². The molecule has 0 aliphatic rings. The monoisotopic (exact) mass is 399 g/mol. The topological polar surface area (TPSA) is 12.9 Å². The van der Waals surface area contributed by atoms with Gasteiger partial charge < -0.3 is 0 Å². The Hall–Kier alpha value is -2.41. The Morgan fingerprint density at radius 3 is 1.93 bits per heavy atom. The van der Waals surface area contributed by atoms with Crippen LogP contribution in [0.25, 0.3) is 11.3 Å². The number of aromatic nitrogens is 1. The number of thioether (sulfide) groups is 1. The summed E-state index contributed by atoms with van der Waals surface area (Å²) in [6, 6.07) is 36.7. The fourth-order valence-corrected chi connectivity index (χ4v) is 6.35. The van der Waals surface area contributed by atoms with Gasteiger partial charge in [0.25, 0.3) is 0 Å². The highest BCUT2D eigenvalue weighted by atomic mass is 32.2.